The number of hydrogen-bond donors (Lipinski definition) is 2. The molecule has 0 spiro atoms. The van der Waals surface area contributed by atoms with Crippen LogP contribution in [0.1, 0.15) is 35.1 Å². The molecule has 0 aliphatic heterocycles. The van der Waals surface area contributed by atoms with Gasteiger partial charge in [0.15, 0.2) is 0 Å². The highest BCUT2D eigenvalue weighted by atomic mass is 19.3. The van der Waals surface area contributed by atoms with Crippen LogP contribution in [0.4, 0.5) is 13.6 Å². The Bertz CT molecular complexity index is 511. The number of carbonyl (C=O) groups excluding carboxylic acids is 1. The van der Waals surface area contributed by atoms with E-state index in [0.717, 1.165) is 12.8 Å². The molecule has 0 radical (unpaired) electrons. The maximum Gasteiger partial charge on any atom is 0.388 e. The SMILES string of the molecule is CC1(C)CC(NC(=O)NCc2ccnc(OC(F)F)c2)C1.[HH].[HH]. The number of amides is 2. The third kappa shape index (κ3) is 4.84. The molecule has 1 aliphatic rings. The van der Waals surface area contributed by atoms with E-state index >= 15 is 0 Å². The van der Waals surface area contributed by atoms with Gasteiger partial charge >= 0.3 is 12.6 Å². The number of nitrogens with one attached hydrogen (secondary N) is 2. The van der Waals surface area contributed by atoms with Gasteiger partial charge in [-0.3, -0.25) is 0 Å². The second-order valence-electron chi connectivity index (χ2n) is 5.98. The third-order valence-electron chi connectivity index (χ3n) is 3.40. The first kappa shape index (κ1) is 15.5. The fourth-order valence-electron chi connectivity index (χ4n) is 2.51. The van der Waals surface area contributed by atoms with Crippen LogP contribution in [0.2, 0.25) is 0 Å². The van der Waals surface area contributed by atoms with Crippen molar-refractivity contribution in [1.29, 1.82) is 0 Å². The monoisotopic (exact) mass is 303 g/mol. The summed E-state index contributed by atoms with van der Waals surface area (Å²) in [7, 11) is 0. The number of pyridine rings is 1. The molecule has 0 aromatic carbocycles. The van der Waals surface area contributed by atoms with Gasteiger partial charge < -0.3 is 15.4 Å². The first-order chi connectivity index (χ1) is 9.84. The lowest BCUT2D eigenvalue weighted by Crippen LogP contribution is -2.51. The minimum atomic E-state index is -2.91. The van der Waals surface area contributed by atoms with Gasteiger partial charge in [-0.25, -0.2) is 9.78 Å². The molecule has 21 heavy (non-hydrogen) atoms. The van der Waals surface area contributed by atoms with E-state index in [9.17, 15) is 13.6 Å². The van der Waals surface area contributed by atoms with Crippen LogP contribution < -0.4 is 15.4 Å². The molecule has 1 fully saturated rings. The molecule has 1 heterocycles. The number of halogens is 2. The molecule has 1 aliphatic carbocycles. The first-order valence-corrected chi connectivity index (χ1v) is 6.78. The van der Waals surface area contributed by atoms with Crippen molar-refractivity contribution < 1.29 is 21.2 Å². The molecule has 7 heteroatoms. The van der Waals surface area contributed by atoms with Crippen LogP contribution in [0.15, 0.2) is 18.3 Å². The maximum absolute atomic E-state index is 12.1. The maximum atomic E-state index is 12.1. The van der Waals surface area contributed by atoms with Gasteiger partial charge in [-0.05, 0) is 29.9 Å². The quantitative estimate of drug-likeness (QED) is 0.878. The number of hydrogen-bond acceptors (Lipinski definition) is 3. The smallest absolute Gasteiger partial charge is 0.388 e. The van der Waals surface area contributed by atoms with Crippen molar-refractivity contribution >= 4 is 6.03 Å². The summed E-state index contributed by atoms with van der Waals surface area (Å²) in [6.07, 6.45) is 3.28. The molecule has 1 aromatic rings. The zero-order valence-corrected chi connectivity index (χ0v) is 12.0. The number of carbonyl (C=O) groups is 1. The van der Waals surface area contributed by atoms with E-state index in [0.29, 0.717) is 11.0 Å². The van der Waals surface area contributed by atoms with E-state index in [1.807, 2.05) is 0 Å². The van der Waals surface area contributed by atoms with E-state index in [2.05, 4.69) is 34.2 Å². The van der Waals surface area contributed by atoms with Crippen LogP contribution in [-0.4, -0.2) is 23.7 Å². The van der Waals surface area contributed by atoms with Gasteiger partial charge in [0, 0.05) is 27.7 Å². The van der Waals surface area contributed by atoms with E-state index in [4.69, 9.17) is 0 Å². The number of urea groups is 1. The second kappa shape index (κ2) is 6.24. The lowest BCUT2D eigenvalue weighted by Gasteiger charge is -2.42. The number of rotatable bonds is 5. The molecule has 2 amide bonds. The summed E-state index contributed by atoms with van der Waals surface area (Å²) >= 11 is 0. The van der Waals surface area contributed by atoms with Crippen molar-refractivity contribution in [3.05, 3.63) is 23.9 Å². The molecule has 2 rings (SSSR count). The Labute approximate surface area is 125 Å². The molecule has 0 atom stereocenters. The van der Waals surface area contributed by atoms with Crippen LogP contribution in [-0.2, 0) is 6.54 Å². The van der Waals surface area contributed by atoms with Crippen LogP contribution in [0.3, 0.4) is 0 Å². The predicted molar refractivity (Wildman–Crippen MR) is 77.3 cm³/mol. The minimum absolute atomic E-state index is 0. The van der Waals surface area contributed by atoms with Crippen molar-refractivity contribution in [2.45, 2.75) is 45.9 Å². The Kier molecular flexibility index (Phi) is 4.59. The number of nitrogens with zero attached hydrogens (tertiary/aromatic N) is 1. The van der Waals surface area contributed by atoms with Crippen LogP contribution >= 0.6 is 0 Å². The second-order valence-corrected chi connectivity index (χ2v) is 5.98. The molecular weight excluding hydrogens is 280 g/mol. The highest BCUT2D eigenvalue weighted by Gasteiger charge is 2.36. The predicted octanol–water partition coefficient (Wildman–Crippen LogP) is 3.16. The van der Waals surface area contributed by atoms with E-state index in [-0.39, 0.29) is 27.4 Å². The van der Waals surface area contributed by atoms with Crippen molar-refractivity contribution in [3.8, 4) is 5.88 Å². The molecular formula is C14H23F2N3O2. The summed E-state index contributed by atoms with van der Waals surface area (Å²) in [5.74, 6) is -0.162. The average Bonchev–Trinajstić information content (AvgIpc) is 2.34. The Morgan fingerprint density at radius 3 is 2.90 bits per heavy atom. The molecule has 1 saturated carbocycles. The van der Waals surface area contributed by atoms with Gasteiger partial charge in [0.25, 0.3) is 0 Å². The van der Waals surface area contributed by atoms with Gasteiger partial charge in [-0.2, -0.15) is 8.78 Å². The van der Waals surface area contributed by atoms with Crippen LogP contribution in [0.5, 0.6) is 5.88 Å². The highest BCUT2D eigenvalue weighted by molar-refractivity contribution is 5.74. The first-order valence-electron chi connectivity index (χ1n) is 6.78. The fraction of sp³-hybridized carbons (Fsp3) is 0.571. The van der Waals surface area contributed by atoms with Crippen molar-refractivity contribution in [1.82, 2.24) is 15.6 Å². The summed E-state index contributed by atoms with van der Waals surface area (Å²) in [5.41, 5.74) is 0.939. The largest absolute Gasteiger partial charge is 0.417 e. The molecule has 0 unspecified atom stereocenters. The summed E-state index contributed by atoms with van der Waals surface area (Å²) < 4.78 is 28.4. The van der Waals surface area contributed by atoms with Gasteiger partial charge in [0.1, 0.15) is 0 Å². The van der Waals surface area contributed by atoms with E-state index in [1.54, 1.807) is 6.07 Å². The lowest BCUT2D eigenvalue weighted by molar-refractivity contribution is -0.0529. The molecule has 0 bridgehead atoms. The van der Waals surface area contributed by atoms with Crippen LogP contribution in [0.25, 0.3) is 0 Å². The van der Waals surface area contributed by atoms with E-state index < -0.39 is 6.61 Å². The van der Waals surface area contributed by atoms with Crippen molar-refractivity contribution in [2.75, 3.05) is 0 Å². The topological polar surface area (TPSA) is 63.2 Å². The molecule has 120 valence electrons. The standard InChI is InChI=1S/C14H19F2N3O2.2H2/c1-14(2)6-10(7-14)19-13(20)18-8-9-3-4-17-11(5-9)21-12(15)16;;/h3-5,10,12H,6-8H2,1-2H3,(H2,18,19,20);2*1H. The minimum Gasteiger partial charge on any atom is -0.417 e. The Morgan fingerprint density at radius 2 is 2.29 bits per heavy atom. The highest BCUT2D eigenvalue weighted by Crippen LogP contribution is 2.39. The molecule has 1 aromatic heterocycles. The zero-order chi connectivity index (χ0) is 15.5. The van der Waals surface area contributed by atoms with Crippen LogP contribution in [0, 0.1) is 5.41 Å². The molecule has 2 N–H and O–H groups in total. The normalized spacial score (nSPS) is 17.2. The Morgan fingerprint density at radius 1 is 1.57 bits per heavy atom. The fourth-order valence-corrected chi connectivity index (χ4v) is 2.51. The van der Waals surface area contributed by atoms with E-state index in [1.165, 1.54) is 12.3 Å². The summed E-state index contributed by atoms with van der Waals surface area (Å²) in [4.78, 5) is 15.4. The average molecular weight is 303 g/mol. The third-order valence-corrected chi connectivity index (χ3v) is 3.40. The number of alkyl halides is 2. The lowest BCUT2D eigenvalue weighted by atomic mass is 9.68. The summed E-state index contributed by atoms with van der Waals surface area (Å²) in [5, 5.41) is 5.56. The Balaban J connectivity index is 0.00000242. The summed E-state index contributed by atoms with van der Waals surface area (Å²) in [6.45, 7) is 1.63. The van der Waals surface area contributed by atoms with Gasteiger partial charge in [0.05, 0.1) is 0 Å². The Hall–Kier alpha value is -1.92. The zero-order valence-electron chi connectivity index (χ0n) is 12.0. The van der Waals surface area contributed by atoms with Crippen molar-refractivity contribution in [2.24, 2.45) is 5.41 Å². The number of ether oxygens (including phenoxy) is 1. The van der Waals surface area contributed by atoms with Gasteiger partial charge in [0.2, 0.25) is 5.88 Å². The van der Waals surface area contributed by atoms with Gasteiger partial charge in [-0.15, -0.1) is 0 Å². The molecule has 5 nitrogen and oxygen atoms in total. The number of aromatic nitrogens is 1. The van der Waals surface area contributed by atoms with Gasteiger partial charge in [-0.1, -0.05) is 13.8 Å². The summed E-state index contributed by atoms with van der Waals surface area (Å²) in [6, 6.07) is 2.95. The van der Waals surface area contributed by atoms with Crippen molar-refractivity contribution in [3.63, 3.8) is 0 Å². The molecule has 0 saturated heterocycles.